The van der Waals surface area contributed by atoms with Crippen LogP contribution in [-0.2, 0) is 0 Å². The summed E-state index contributed by atoms with van der Waals surface area (Å²) < 4.78 is 22.9. The van der Waals surface area contributed by atoms with E-state index in [1.807, 2.05) is 27.7 Å². The second-order valence-corrected chi connectivity index (χ2v) is 8.77. The van der Waals surface area contributed by atoms with E-state index in [0.717, 1.165) is 22.3 Å². The van der Waals surface area contributed by atoms with Crippen LogP contribution in [-0.4, -0.2) is 40.0 Å². The monoisotopic (exact) mass is 486 g/mol. The molecule has 0 fully saturated rings. The summed E-state index contributed by atoms with van der Waals surface area (Å²) in [5.41, 5.74) is 5.55. The molecule has 0 amide bonds. The molecule has 3 aromatic carbocycles. The Hall–Kier alpha value is -4.06. The molecule has 0 saturated heterocycles. The van der Waals surface area contributed by atoms with Gasteiger partial charge in [0.15, 0.2) is 11.6 Å². The van der Waals surface area contributed by atoms with Gasteiger partial charge in [0.2, 0.25) is 0 Å². The lowest BCUT2D eigenvalue weighted by molar-refractivity contribution is 0.101. The molecule has 1 aliphatic carbocycles. The zero-order chi connectivity index (χ0) is 26.3. The van der Waals surface area contributed by atoms with Gasteiger partial charge in [-0.15, -0.1) is 0 Å². The van der Waals surface area contributed by atoms with Gasteiger partial charge in [-0.1, -0.05) is 24.3 Å². The number of fused-ring (bicyclic) bond motifs is 1. The smallest absolute Gasteiger partial charge is 0.195 e. The molecule has 3 aromatic rings. The number of allylic oxidation sites excluding steroid dienone is 2. The predicted octanol–water partition coefficient (Wildman–Crippen LogP) is 5.94. The normalized spacial score (nSPS) is 13.0. The lowest BCUT2D eigenvalue weighted by Crippen LogP contribution is -2.22. The van der Waals surface area contributed by atoms with E-state index in [2.05, 4.69) is 0 Å². The molecule has 1 aliphatic rings. The number of hydrogen-bond donors (Lipinski definition) is 0. The van der Waals surface area contributed by atoms with E-state index in [1.165, 1.54) is 0 Å². The minimum absolute atomic E-state index is 0.237. The molecule has 36 heavy (non-hydrogen) atoms. The molecule has 6 nitrogen and oxygen atoms in total. The van der Waals surface area contributed by atoms with Gasteiger partial charge < -0.3 is 18.9 Å². The van der Waals surface area contributed by atoms with Crippen molar-refractivity contribution in [2.45, 2.75) is 27.7 Å². The molecule has 0 radical (unpaired) electrons. The summed E-state index contributed by atoms with van der Waals surface area (Å²) in [7, 11) is 6.27. The number of carbonyl (C=O) groups is 2. The van der Waals surface area contributed by atoms with Crippen molar-refractivity contribution in [1.82, 2.24) is 0 Å². The molecule has 0 aliphatic heterocycles. The maximum absolute atomic E-state index is 14.1. The first-order valence-electron chi connectivity index (χ1n) is 11.6. The molecule has 0 unspecified atom stereocenters. The maximum atomic E-state index is 14.1. The number of ether oxygens (including phenoxy) is 4. The zero-order valence-corrected chi connectivity index (χ0v) is 21.9. The highest BCUT2D eigenvalue weighted by Crippen LogP contribution is 2.47. The van der Waals surface area contributed by atoms with E-state index in [-0.39, 0.29) is 22.7 Å². The van der Waals surface area contributed by atoms with Crippen LogP contribution in [0.3, 0.4) is 0 Å². The van der Waals surface area contributed by atoms with Crippen molar-refractivity contribution < 1.29 is 28.5 Å². The standard InChI is InChI=1S/C30H30O6/c1-15-17(3)29(35-7)21(13-23(15)33-5)25-26(28(32)20-12-10-9-11-19(20)27(25)31)22-14-24(34-6)16(2)18(4)30(22)36-8/h9-14H,1-8H3. The van der Waals surface area contributed by atoms with Crippen LogP contribution in [0.25, 0.3) is 11.1 Å². The quantitative estimate of drug-likeness (QED) is 0.429. The molecule has 0 atom stereocenters. The molecule has 0 saturated carbocycles. The van der Waals surface area contributed by atoms with Crippen molar-refractivity contribution in [2.24, 2.45) is 0 Å². The Bertz CT molecular complexity index is 1340. The Labute approximate surface area is 211 Å². The van der Waals surface area contributed by atoms with Crippen molar-refractivity contribution in [3.05, 3.63) is 80.9 Å². The van der Waals surface area contributed by atoms with Gasteiger partial charge in [-0.05, 0) is 62.1 Å². The van der Waals surface area contributed by atoms with Gasteiger partial charge >= 0.3 is 0 Å². The number of carbonyl (C=O) groups excluding carboxylic acids is 2. The largest absolute Gasteiger partial charge is 0.496 e. The highest BCUT2D eigenvalue weighted by Gasteiger charge is 2.37. The third kappa shape index (κ3) is 3.65. The molecule has 6 heteroatoms. The van der Waals surface area contributed by atoms with Gasteiger partial charge in [-0.3, -0.25) is 9.59 Å². The minimum Gasteiger partial charge on any atom is -0.496 e. The first kappa shape index (κ1) is 25.0. The van der Waals surface area contributed by atoms with Crippen LogP contribution in [0.2, 0.25) is 0 Å². The van der Waals surface area contributed by atoms with Crippen molar-refractivity contribution in [2.75, 3.05) is 28.4 Å². The molecule has 0 N–H and O–H groups in total. The minimum atomic E-state index is -0.275. The second-order valence-electron chi connectivity index (χ2n) is 8.77. The molecule has 0 heterocycles. The summed E-state index contributed by atoms with van der Waals surface area (Å²) in [5, 5.41) is 0. The highest BCUT2D eigenvalue weighted by atomic mass is 16.5. The summed E-state index contributed by atoms with van der Waals surface area (Å²) >= 11 is 0. The zero-order valence-electron chi connectivity index (χ0n) is 21.9. The molecular formula is C30H30O6. The molecule has 4 rings (SSSR count). The first-order valence-corrected chi connectivity index (χ1v) is 11.6. The summed E-state index contributed by atoms with van der Waals surface area (Å²) in [6.07, 6.45) is 0. The van der Waals surface area contributed by atoms with Crippen LogP contribution >= 0.6 is 0 Å². The number of rotatable bonds is 6. The average molecular weight is 487 g/mol. The molecule has 0 aromatic heterocycles. The summed E-state index contributed by atoms with van der Waals surface area (Å²) in [6.45, 7) is 7.67. The maximum Gasteiger partial charge on any atom is 0.195 e. The Morgan fingerprint density at radius 2 is 0.861 bits per heavy atom. The van der Waals surface area contributed by atoms with Crippen LogP contribution in [0, 0.1) is 27.7 Å². The topological polar surface area (TPSA) is 71.1 Å². The molecular weight excluding hydrogens is 456 g/mol. The van der Waals surface area contributed by atoms with Crippen molar-refractivity contribution in [3.8, 4) is 23.0 Å². The van der Waals surface area contributed by atoms with E-state index in [4.69, 9.17) is 18.9 Å². The predicted molar refractivity (Wildman–Crippen MR) is 140 cm³/mol. The average Bonchev–Trinajstić information content (AvgIpc) is 2.89. The van der Waals surface area contributed by atoms with E-state index in [1.54, 1.807) is 64.8 Å². The van der Waals surface area contributed by atoms with Gasteiger partial charge in [0.25, 0.3) is 0 Å². The van der Waals surface area contributed by atoms with Gasteiger partial charge in [0.05, 0.1) is 28.4 Å². The SMILES string of the molecule is COc1cc(C2=C(c3cc(OC)c(C)c(C)c3OC)C(=O)c3ccccc3C2=O)c(OC)c(C)c1C. The van der Waals surface area contributed by atoms with E-state index < -0.39 is 0 Å². The van der Waals surface area contributed by atoms with E-state index in [9.17, 15) is 9.59 Å². The van der Waals surface area contributed by atoms with Gasteiger partial charge in [0.1, 0.15) is 23.0 Å². The Morgan fingerprint density at radius 3 is 1.17 bits per heavy atom. The van der Waals surface area contributed by atoms with Gasteiger partial charge in [-0.25, -0.2) is 0 Å². The number of benzene rings is 3. The Balaban J connectivity index is 2.23. The van der Waals surface area contributed by atoms with Crippen LogP contribution in [0.4, 0.5) is 0 Å². The fourth-order valence-corrected chi connectivity index (χ4v) is 4.94. The number of ketones is 2. The summed E-state index contributed by atoms with van der Waals surface area (Å²) in [4.78, 5) is 28.3. The fourth-order valence-electron chi connectivity index (χ4n) is 4.94. The molecule has 186 valence electrons. The third-order valence-corrected chi connectivity index (χ3v) is 7.09. The fraction of sp³-hybridized carbons (Fsp3) is 0.267. The third-order valence-electron chi connectivity index (χ3n) is 7.09. The molecule has 0 spiro atoms. The van der Waals surface area contributed by atoms with Crippen LogP contribution in [0.1, 0.15) is 54.1 Å². The summed E-state index contributed by atoms with van der Waals surface area (Å²) in [6, 6.07) is 10.4. The number of Topliss-reactive ketones (excluding diaryl/α,β-unsaturated/α-hetero) is 2. The Kier molecular flexibility index (Phi) is 6.63. The van der Waals surface area contributed by atoms with E-state index in [0.29, 0.717) is 45.3 Å². The second kappa shape index (κ2) is 9.53. The van der Waals surface area contributed by atoms with Crippen molar-refractivity contribution in [3.63, 3.8) is 0 Å². The van der Waals surface area contributed by atoms with Crippen molar-refractivity contribution >= 4 is 22.7 Å². The van der Waals surface area contributed by atoms with Crippen LogP contribution in [0.15, 0.2) is 36.4 Å². The molecule has 0 bridgehead atoms. The van der Waals surface area contributed by atoms with Gasteiger partial charge in [-0.2, -0.15) is 0 Å². The van der Waals surface area contributed by atoms with Crippen LogP contribution < -0.4 is 18.9 Å². The number of methoxy groups -OCH3 is 4. The lowest BCUT2D eigenvalue weighted by atomic mass is 9.77. The van der Waals surface area contributed by atoms with Crippen LogP contribution in [0.5, 0.6) is 23.0 Å². The van der Waals surface area contributed by atoms with E-state index >= 15 is 0 Å². The summed E-state index contributed by atoms with van der Waals surface area (Å²) in [5.74, 6) is 1.66. The highest BCUT2D eigenvalue weighted by molar-refractivity contribution is 6.52. The Morgan fingerprint density at radius 1 is 0.500 bits per heavy atom. The lowest BCUT2D eigenvalue weighted by Gasteiger charge is -2.26. The first-order chi connectivity index (χ1) is 17.2. The van der Waals surface area contributed by atoms with Gasteiger partial charge in [0, 0.05) is 33.4 Å². The number of hydrogen-bond acceptors (Lipinski definition) is 6. The van der Waals surface area contributed by atoms with Crippen molar-refractivity contribution in [1.29, 1.82) is 0 Å².